The molecule has 1 N–H and O–H groups in total. The summed E-state index contributed by atoms with van der Waals surface area (Å²) in [5.41, 5.74) is 1.94. The second-order valence-electron chi connectivity index (χ2n) is 6.86. The minimum atomic E-state index is -0.471. The maximum absolute atomic E-state index is 12.7. The molecule has 0 bridgehead atoms. The summed E-state index contributed by atoms with van der Waals surface area (Å²) in [7, 11) is 1.31. The van der Waals surface area contributed by atoms with Gasteiger partial charge in [0.15, 0.2) is 0 Å². The molecule has 148 valence electrons. The number of amides is 1. The van der Waals surface area contributed by atoms with Gasteiger partial charge in [-0.15, -0.1) is 0 Å². The number of anilines is 1. The van der Waals surface area contributed by atoms with E-state index in [1.807, 2.05) is 18.2 Å². The Hall–Kier alpha value is -2.08. The number of rotatable bonds is 5. The zero-order valence-corrected chi connectivity index (χ0v) is 17.1. The van der Waals surface area contributed by atoms with Gasteiger partial charge in [-0.2, -0.15) is 0 Å². The van der Waals surface area contributed by atoms with Gasteiger partial charge >= 0.3 is 5.97 Å². The van der Waals surface area contributed by atoms with E-state index in [-0.39, 0.29) is 11.8 Å². The van der Waals surface area contributed by atoms with Gasteiger partial charge in [0.05, 0.1) is 23.4 Å². The van der Waals surface area contributed by atoms with Crippen LogP contribution in [0.1, 0.15) is 28.8 Å². The van der Waals surface area contributed by atoms with Gasteiger partial charge in [-0.3, -0.25) is 9.69 Å². The molecule has 0 saturated carbocycles. The van der Waals surface area contributed by atoms with E-state index in [1.165, 1.54) is 12.7 Å². The highest BCUT2D eigenvalue weighted by atomic mass is 35.5. The van der Waals surface area contributed by atoms with Crippen LogP contribution in [0.25, 0.3) is 0 Å². The summed E-state index contributed by atoms with van der Waals surface area (Å²) >= 11 is 12.2. The average molecular weight is 421 g/mol. The number of ether oxygens (including phenoxy) is 1. The van der Waals surface area contributed by atoms with Crippen LogP contribution in [0.3, 0.4) is 0 Å². The van der Waals surface area contributed by atoms with Crippen LogP contribution >= 0.6 is 23.2 Å². The van der Waals surface area contributed by atoms with Crippen LogP contribution in [0.5, 0.6) is 0 Å². The molecule has 1 aliphatic rings. The van der Waals surface area contributed by atoms with Gasteiger partial charge in [0.1, 0.15) is 0 Å². The van der Waals surface area contributed by atoms with Gasteiger partial charge in [-0.25, -0.2) is 4.79 Å². The van der Waals surface area contributed by atoms with Gasteiger partial charge in [0, 0.05) is 17.5 Å². The molecule has 1 amide bonds. The predicted molar refractivity (Wildman–Crippen MR) is 111 cm³/mol. The molecule has 0 unspecified atom stereocenters. The van der Waals surface area contributed by atoms with Gasteiger partial charge in [0.2, 0.25) is 5.91 Å². The van der Waals surface area contributed by atoms with Crippen molar-refractivity contribution < 1.29 is 14.3 Å². The van der Waals surface area contributed by atoms with Gasteiger partial charge in [-0.1, -0.05) is 35.3 Å². The number of nitrogens with zero attached hydrogens (tertiary/aromatic N) is 1. The largest absolute Gasteiger partial charge is 0.465 e. The lowest BCUT2D eigenvalue weighted by Crippen LogP contribution is -2.37. The SMILES string of the molecule is COC(=O)c1ccc(Cl)c(NC(=O)C2CCN(Cc3cccc(Cl)c3)CC2)c1. The van der Waals surface area contributed by atoms with Crippen molar-refractivity contribution in [1.29, 1.82) is 0 Å². The zero-order valence-electron chi connectivity index (χ0n) is 15.6. The van der Waals surface area contributed by atoms with E-state index in [4.69, 9.17) is 27.9 Å². The molecule has 0 aliphatic carbocycles. The van der Waals surface area contributed by atoms with Gasteiger partial charge < -0.3 is 10.1 Å². The lowest BCUT2D eigenvalue weighted by molar-refractivity contribution is -0.121. The molecule has 5 nitrogen and oxygen atoms in total. The molecule has 28 heavy (non-hydrogen) atoms. The Morgan fingerprint density at radius 3 is 2.57 bits per heavy atom. The molecule has 1 heterocycles. The van der Waals surface area contributed by atoms with Crippen molar-refractivity contribution in [2.24, 2.45) is 5.92 Å². The van der Waals surface area contributed by atoms with Crippen LogP contribution in [-0.2, 0) is 16.1 Å². The Morgan fingerprint density at radius 1 is 1.14 bits per heavy atom. The third-order valence-electron chi connectivity index (χ3n) is 4.90. The molecule has 1 fully saturated rings. The van der Waals surface area contributed by atoms with Crippen molar-refractivity contribution in [3.63, 3.8) is 0 Å². The first-order valence-corrected chi connectivity index (χ1v) is 9.87. The second kappa shape index (κ2) is 9.41. The van der Waals surface area contributed by atoms with Crippen molar-refractivity contribution in [2.75, 3.05) is 25.5 Å². The third kappa shape index (κ3) is 5.25. The number of hydrogen-bond donors (Lipinski definition) is 1. The first-order valence-electron chi connectivity index (χ1n) is 9.12. The maximum atomic E-state index is 12.7. The van der Waals surface area contributed by atoms with E-state index in [0.29, 0.717) is 16.3 Å². The lowest BCUT2D eigenvalue weighted by atomic mass is 9.95. The van der Waals surface area contributed by atoms with Gasteiger partial charge in [-0.05, 0) is 61.8 Å². The van der Waals surface area contributed by atoms with Crippen molar-refractivity contribution >= 4 is 40.8 Å². The molecule has 0 radical (unpaired) electrons. The summed E-state index contributed by atoms with van der Waals surface area (Å²) in [5.74, 6) is -0.638. The van der Waals surface area contributed by atoms with Gasteiger partial charge in [0.25, 0.3) is 0 Å². The van der Waals surface area contributed by atoms with Crippen molar-refractivity contribution in [2.45, 2.75) is 19.4 Å². The van der Waals surface area contributed by atoms with Crippen LogP contribution < -0.4 is 5.32 Å². The number of carbonyl (C=O) groups excluding carboxylic acids is 2. The fourth-order valence-corrected chi connectivity index (χ4v) is 3.73. The number of methoxy groups -OCH3 is 1. The average Bonchev–Trinajstić information content (AvgIpc) is 2.69. The summed E-state index contributed by atoms with van der Waals surface area (Å²) in [6, 6.07) is 12.5. The van der Waals surface area contributed by atoms with Crippen LogP contribution in [0.15, 0.2) is 42.5 Å². The molecule has 1 saturated heterocycles. The third-order valence-corrected chi connectivity index (χ3v) is 5.46. The van der Waals surface area contributed by atoms with E-state index in [2.05, 4.69) is 16.3 Å². The van der Waals surface area contributed by atoms with E-state index in [1.54, 1.807) is 18.2 Å². The highest BCUT2D eigenvalue weighted by Crippen LogP contribution is 2.26. The number of nitrogens with one attached hydrogen (secondary N) is 1. The Balaban J connectivity index is 1.56. The number of likely N-dealkylation sites (tertiary alicyclic amines) is 1. The fraction of sp³-hybridized carbons (Fsp3) is 0.333. The Morgan fingerprint density at radius 2 is 1.89 bits per heavy atom. The number of esters is 1. The molecule has 0 aromatic heterocycles. The molecule has 2 aromatic rings. The van der Waals surface area contributed by atoms with Crippen LogP contribution in [0.2, 0.25) is 10.0 Å². The highest BCUT2D eigenvalue weighted by molar-refractivity contribution is 6.34. The quantitative estimate of drug-likeness (QED) is 0.716. The lowest BCUT2D eigenvalue weighted by Gasteiger charge is -2.31. The number of hydrogen-bond acceptors (Lipinski definition) is 4. The summed E-state index contributed by atoms with van der Waals surface area (Å²) in [6.45, 7) is 2.49. The zero-order chi connectivity index (χ0) is 20.1. The molecular formula is C21H22Cl2N2O3. The topological polar surface area (TPSA) is 58.6 Å². The predicted octanol–water partition coefficient (Wildman–Crippen LogP) is 4.63. The minimum Gasteiger partial charge on any atom is -0.465 e. The van der Waals surface area contributed by atoms with Crippen molar-refractivity contribution in [1.82, 2.24) is 4.90 Å². The number of benzene rings is 2. The summed E-state index contributed by atoms with van der Waals surface area (Å²) in [4.78, 5) is 26.7. The summed E-state index contributed by atoms with van der Waals surface area (Å²) < 4.78 is 4.71. The maximum Gasteiger partial charge on any atom is 0.337 e. The van der Waals surface area contributed by atoms with Crippen LogP contribution in [0, 0.1) is 5.92 Å². The molecule has 0 atom stereocenters. The number of piperidine rings is 1. The molecule has 2 aromatic carbocycles. The Labute approximate surface area is 174 Å². The Kier molecular flexibility index (Phi) is 6.94. The molecule has 7 heteroatoms. The van der Waals surface area contributed by atoms with Crippen LogP contribution in [0.4, 0.5) is 5.69 Å². The molecule has 3 rings (SSSR count). The molecule has 0 spiro atoms. The summed E-state index contributed by atoms with van der Waals surface area (Å²) in [6.07, 6.45) is 1.53. The minimum absolute atomic E-state index is 0.0775. The van der Waals surface area contributed by atoms with Crippen molar-refractivity contribution in [3.8, 4) is 0 Å². The van der Waals surface area contributed by atoms with E-state index in [9.17, 15) is 9.59 Å². The van der Waals surface area contributed by atoms with E-state index >= 15 is 0 Å². The fourth-order valence-electron chi connectivity index (χ4n) is 3.35. The van der Waals surface area contributed by atoms with E-state index < -0.39 is 5.97 Å². The normalized spacial score (nSPS) is 15.2. The Bertz CT molecular complexity index is 864. The highest BCUT2D eigenvalue weighted by Gasteiger charge is 2.25. The van der Waals surface area contributed by atoms with Crippen LogP contribution in [-0.4, -0.2) is 37.0 Å². The number of carbonyl (C=O) groups is 2. The smallest absolute Gasteiger partial charge is 0.337 e. The monoisotopic (exact) mass is 420 g/mol. The summed E-state index contributed by atoms with van der Waals surface area (Å²) in [5, 5.41) is 3.98. The van der Waals surface area contributed by atoms with Crippen molar-refractivity contribution in [3.05, 3.63) is 63.6 Å². The number of halogens is 2. The first-order chi connectivity index (χ1) is 13.5. The first kappa shape index (κ1) is 20.6. The van der Waals surface area contributed by atoms with E-state index in [0.717, 1.165) is 37.5 Å². The second-order valence-corrected chi connectivity index (χ2v) is 7.70. The molecular weight excluding hydrogens is 399 g/mol. The standard InChI is InChI=1S/C21H22Cl2N2O3/c1-28-21(27)16-5-6-18(23)19(12-16)24-20(26)15-7-9-25(10-8-15)13-14-3-2-4-17(22)11-14/h2-6,11-12,15H,7-10,13H2,1H3,(H,24,26). The molecule has 1 aliphatic heterocycles.